The van der Waals surface area contributed by atoms with Gasteiger partial charge in [-0.3, -0.25) is 9.98 Å². The van der Waals surface area contributed by atoms with Gasteiger partial charge in [0.2, 0.25) is 0 Å². The minimum absolute atomic E-state index is 0.0491. The Hall–Kier alpha value is -2.76. The Morgan fingerprint density at radius 2 is 2.10 bits per heavy atom. The maximum absolute atomic E-state index is 11.1. The van der Waals surface area contributed by atoms with E-state index in [0.29, 0.717) is 11.4 Å². The summed E-state index contributed by atoms with van der Waals surface area (Å²) in [6.07, 6.45) is 6.83. The Morgan fingerprint density at radius 3 is 2.90 bits per heavy atom. The van der Waals surface area contributed by atoms with E-state index in [9.17, 15) is 4.79 Å². The van der Waals surface area contributed by atoms with Crippen LogP contribution in [-0.4, -0.2) is 41.5 Å². The van der Waals surface area contributed by atoms with E-state index in [0.717, 1.165) is 5.69 Å². The number of hydrogen-bond acceptors (Lipinski definition) is 5. The van der Waals surface area contributed by atoms with Crippen molar-refractivity contribution in [1.29, 1.82) is 0 Å². The highest BCUT2D eigenvalue weighted by Crippen LogP contribution is 2.21. The van der Waals surface area contributed by atoms with Crippen LogP contribution in [0.5, 0.6) is 0 Å². The topological polar surface area (TPSA) is 86.4 Å². The number of hydrogen-bond donors (Lipinski definition) is 2. The second kappa shape index (κ2) is 5.32. The summed E-state index contributed by atoms with van der Waals surface area (Å²) in [6, 6.07) is 5.06. The van der Waals surface area contributed by atoms with Crippen LogP contribution in [0.25, 0.3) is 0 Å². The number of benzene rings is 1. The molecule has 2 aliphatic rings. The zero-order valence-corrected chi connectivity index (χ0v) is 11.4. The molecule has 0 bridgehead atoms. The van der Waals surface area contributed by atoms with Gasteiger partial charge in [-0.1, -0.05) is 12.1 Å². The fourth-order valence-electron chi connectivity index (χ4n) is 2.28. The van der Waals surface area contributed by atoms with E-state index < -0.39 is 5.97 Å². The van der Waals surface area contributed by atoms with Gasteiger partial charge in [-0.15, -0.1) is 0 Å². The van der Waals surface area contributed by atoms with Crippen molar-refractivity contribution in [3.63, 3.8) is 0 Å². The molecule has 2 heterocycles. The van der Waals surface area contributed by atoms with Gasteiger partial charge in [-0.05, 0) is 30.7 Å². The van der Waals surface area contributed by atoms with E-state index in [1.807, 2.05) is 18.2 Å². The van der Waals surface area contributed by atoms with Gasteiger partial charge in [0.25, 0.3) is 0 Å². The quantitative estimate of drug-likeness (QED) is 0.868. The molecule has 1 aromatic carbocycles. The Labute approximate surface area is 121 Å². The molecular formula is C15H14N4O2. The Morgan fingerprint density at radius 1 is 1.29 bits per heavy atom. The zero-order chi connectivity index (χ0) is 14.8. The molecule has 2 unspecified atom stereocenters. The third-order valence-corrected chi connectivity index (χ3v) is 3.42. The predicted molar refractivity (Wildman–Crippen MR) is 82.9 cm³/mol. The van der Waals surface area contributed by atoms with Gasteiger partial charge in [0.1, 0.15) is 11.9 Å². The molecule has 2 aliphatic heterocycles. The second-order valence-electron chi connectivity index (χ2n) is 4.78. The number of aromatic carboxylic acids is 1. The highest BCUT2D eigenvalue weighted by Gasteiger charge is 2.22. The molecule has 0 fully saturated rings. The van der Waals surface area contributed by atoms with Gasteiger partial charge >= 0.3 is 5.97 Å². The summed E-state index contributed by atoms with van der Waals surface area (Å²) in [4.78, 5) is 24.2. The second-order valence-corrected chi connectivity index (χ2v) is 4.78. The first-order valence-corrected chi connectivity index (χ1v) is 6.56. The molecule has 0 aromatic heterocycles. The Bertz CT molecular complexity index is 704. The van der Waals surface area contributed by atoms with Crippen LogP contribution in [0.4, 0.5) is 5.69 Å². The number of aliphatic imine (C=N–C) groups is 3. The van der Waals surface area contributed by atoms with Crippen molar-refractivity contribution in [3.8, 4) is 0 Å². The minimum Gasteiger partial charge on any atom is -0.478 e. The minimum atomic E-state index is -0.941. The molecule has 3 rings (SSSR count). The van der Waals surface area contributed by atoms with Gasteiger partial charge in [0, 0.05) is 18.1 Å². The van der Waals surface area contributed by atoms with Crippen molar-refractivity contribution < 1.29 is 9.90 Å². The number of carbonyl (C=O) groups is 1. The molecule has 0 saturated heterocycles. The van der Waals surface area contributed by atoms with Crippen LogP contribution in [0.3, 0.4) is 0 Å². The average Bonchev–Trinajstić information content (AvgIpc) is 2.49. The van der Waals surface area contributed by atoms with Crippen LogP contribution in [0.2, 0.25) is 0 Å². The van der Waals surface area contributed by atoms with Crippen molar-refractivity contribution in [2.75, 3.05) is 5.32 Å². The van der Waals surface area contributed by atoms with E-state index in [-0.39, 0.29) is 17.8 Å². The van der Waals surface area contributed by atoms with E-state index in [1.165, 1.54) is 0 Å². The number of carboxylic acids is 1. The van der Waals surface area contributed by atoms with E-state index in [2.05, 4.69) is 20.3 Å². The summed E-state index contributed by atoms with van der Waals surface area (Å²) in [5.74, 6) is -0.292. The Kier molecular flexibility index (Phi) is 3.35. The van der Waals surface area contributed by atoms with Gasteiger partial charge in [0.05, 0.1) is 5.56 Å². The lowest BCUT2D eigenvalue weighted by molar-refractivity contribution is 0.0696. The van der Waals surface area contributed by atoms with Crippen LogP contribution in [0.15, 0.2) is 45.3 Å². The fraction of sp³-hybridized carbons (Fsp3) is 0.200. The third kappa shape index (κ3) is 2.60. The monoisotopic (exact) mass is 282 g/mol. The largest absolute Gasteiger partial charge is 0.478 e. The van der Waals surface area contributed by atoms with Crippen molar-refractivity contribution >= 4 is 29.9 Å². The summed E-state index contributed by atoms with van der Waals surface area (Å²) < 4.78 is 0. The number of dihydropyridines is 1. The van der Waals surface area contributed by atoms with Crippen LogP contribution < -0.4 is 5.32 Å². The van der Waals surface area contributed by atoms with Crippen molar-refractivity contribution in [3.05, 3.63) is 41.5 Å². The summed E-state index contributed by atoms with van der Waals surface area (Å²) in [7, 11) is 0. The maximum Gasteiger partial charge on any atom is 0.336 e. The Balaban J connectivity index is 1.85. The number of rotatable bonds is 2. The molecular weight excluding hydrogens is 268 g/mol. The first-order valence-electron chi connectivity index (χ1n) is 6.56. The molecule has 0 spiro atoms. The van der Waals surface area contributed by atoms with E-state index >= 15 is 0 Å². The highest BCUT2D eigenvalue weighted by atomic mass is 16.4. The number of fused-ring (bicyclic) bond motifs is 1. The van der Waals surface area contributed by atoms with E-state index in [4.69, 9.17) is 5.11 Å². The molecule has 106 valence electrons. The summed E-state index contributed by atoms with van der Waals surface area (Å²) >= 11 is 0. The lowest BCUT2D eigenvalue weighted by Gasteiger charge is -2.22. The molecule has 6 heteroatoms. The summed E-state index contributed by atoms with van der Waals surface area (Å²) in [6.45, 7) is 1.77. The maximum atomic E-state index is 11.1. The highest BCUT2D eigenvalue weighted by molar-refractivity contribution is 6.17. The summed E-state index contributed by atoms with van der Waals surface area (Å²) in [5.41, 5.74) is 1.67. The number of nitrogens with one attached hydrogen (secondary N) is 1. The molecule has 6 nitrogen and oxygen atoms in total. The molecule has 21 heavy (non-hydrogen) atoms. The third-order valence-electron chi connectivity index (χ3n) is 3.42. The molecule has 0 amide bonds. The van der Waals surface area contributed by atoms with Gasteiger partial charge in [-0.2, -0.15) is 0 Å². The van der Waals surface area contributed by atoms with Gasteiger partial charge in [-0.25, -0.2) is 9.79 Å². The lowest BCUT2D eigenvalue weighted by atomic mass is 10.1. The number of carboxylic acid groups (broad SMARTS) is 1. The summed E-state index contributed by atoms with van der Waals surface area (Å²) in [5, 5.41) is 12.3. The number of nitrogens with zero attached hydrogens (tertiary/aromatic N) is 3. The number of anilines is 1. The fourth-order valence-corrected chi connectivity index (χ4v) is 2.28. The van der Waals surface area contributed by atoms with Crippen molar-refractivity contribution in [2.45, 2.75) is 19.1 Å². The zero-order valence-electron chi connectivity index (χ0n) is 11.4. The van der Waals surface area contributed by atoms with Gasteiger partial charge in [0.15, 0.2) is 6.17 Å². The standard InChI is InChI=1S/C15H14N4O2/c1-9-10(15(20)21)3-2-4-11(9)18-13-6-5-12-14(19-13)17-8-7-16-12/h2-8,12,14H,1H3,(H,18,19)(H,20,21). The molecule has 2 N–H and O–H groups in total. The lowest BCUT2D eigenvalue weighted by Crippen LogP contribution is -2.29. The molecule has 1 aromatic rings. The molecule has 2 atom stereocenters. The van der Waals surface area contributed by atoms with Crippen LogP contribution >= 0.6 is 0 Å². The van der Waals surface area contributed by atoms with Crippen molar-refractivity contribution in [1.82, 2.24) is 0 Å². The smallest absolute Gasteiger partial charge is 0.336 e. The van der Waals surface area contributed by atoms with Crippen LogP contribution in [0.1, 0.15) is 15.9 Å². The SMILES string of the molecule is Cc1c(NC2=NC3N=CC=NC3C=C2)cccc1C(=O)O. The van der Waals surface area contributed by atoms with Crippen LogP contribution in [-0.2, 0) is 0 Å². The average molecular weight is 282 g/mol. The normalized spacial score (nSPS) is 22.6. The predicted octanol–water partition coefficient (Wildman–Crippen LogP) is 1.92. The first-order chi connectivity index (χ1) is 10.1. The molecule has 0 radical (unpaired) electrons. The van der Waals surface area contributed by atoms with Crippen molar-refractivity contribution in [2.24, 2.45) is 15.0 Å². The number of amidine groups is 1. The first kappa shape index (κ1) is 13.2. The van der Waals surface area contributed by atoms with Crippen LogP contribution in [0, 0.1) is 6.92 Å². The van der Waals surface area contributed by atoms with Gasteiger partial charge < -0.3 is 10.4 Å². The molecule has 0 saturated carbocycles. The van der Waals surface area contributed by atoms with E-state index in [1.54, 1.807) is 31.5 Å². The molecule has 0 aliphatic carbocycles.